The van der Waals surface area contributed by atoms with E-state index in [-0.39, 0.29) is 17.7 Å². The molecule has 0 aliphatic rings. The molecular weight excluding hydrogens is 168 g/mol. The van der Waals surface area contributed by atoms with Gasteiger partial charge in [-0.25, -0.2) is 0 Å². The highest BCUT2D eigenvalue weighted by atomic mass is 16.5. The van der Waals surface area contributed by atoms with Crippen LogP contribution in [-0.4, -0.2) is 18.9 Å². The third-order valence-corrected chi connectivity index (χ3v) is 1.97. The van der Waals surface area contributed by atoms with Crippen molar-refractivity contribution in [2.75, 3.05) is 7.11 Å². The number of hydrogen-bond donors (Lipinski definition) is 0. The molecule has 0 aromatic heterocycles. The van der Waals surface area contributed by atoms with Crippen LogP contribution in [0.4, 0.5) is 0 Å². The summed E-state index contributed by atoms with van der Waals surface area (Å²) in [6, 6.07) is 0. The average molecular weight is 186 g/mol. The summed E-state index contributed by atoms with van der Waals surface area (Å²) in [5.41, 5.74) is 0. The van der Waals surface area contributed by atoms with Gasteiger partial charge in [-0.15, -0.1) is 0 Å². The number of unbranched alkanes of at least 4 members (excludes halogenated alkanes) is 1. The lowest BCUT2D eigenvalue weighted by molar-refractivity contribution is -0.147. The van der Waals surface area contributed by atoms with Crippen LogP contribution in [0, 0.1) is 5.92 Å². The number of carbonyl (C=O) groups excluding carboxylic acids is 2. The average Bonchev–Trinajstić information content (AvgIpc) is 2.10. The van der Waals surface area contributed by atoms with E-state index in [1.807, 2.05) is 0 Å². The highest BCUT2D eigenvalue weighted by Crippen LogP contribution is 2.14. The second-order valence-electron chi connectivity index (χ2n) is 3.27. The smallest absolute Gasteiger partial charge is 0.309 e. The van der Waals surface area contributed by atoms with E-state index in [1.165, 1.54) is 14.0 Å². The van der Waals surface area contributed by atoms with Crippen molar-refractivity contribution in [2.24, 2.45) is 5.92 Å². The number of carbonyl (C=O) groups is 2. The number of ether oxygens (including phenoxy) is 1. The van der Waals surface area contributed by atoms with Crippen LogP contribution in [0.1, 0.15) is 39.5 Å². The van der Waals surface area contributed by atoms with E-state index in [4.69, 9.17) is 0 Å². The van der Waals surface area contributed by atoms with Crippen LogP contribution in [0.25, 0.3) is 0 Å². The minimum atomic E-state index is -0.261. The van der Waals surface area contributed by atoms with E-state index in [1.54, 1.807) is 0 Å². The molecule has 0 spiro atoms. The number of rotatable bonds is 6. The molecule has 0 heterocycles. The quantitative estimate of drug-likeness (QED) is 0.595. The van der Waals surface area contributed by atoms with E-state index < -0.39 is 0 Å². The topological polar surface area (TPSA) is 43.4 Å². The second-order valence-corrected chi connectivity index (χ2v) is 3.27. The van der Waals surface area contributed by atoms with Gasteiger partial charge in [0, 0.05) is 6.42 Å². The van der Waals surface area contributed by atoms with Gasteiger partial charge in [-0.05, 0) is 13.3 Å². The molecule has 0 aliphatic carbocycles. The van der Waals surface area contributed by atoms with Gasteiger partial charge in [-0.2, -0.15) is 0 Å². The summed E-state index contributed by atoms with van der Waals surface area (Å²) in [5.74, 6) is -0.447. The van der Waals surface area contributed by atoms with Gasteiger partial charge in [0.05, 0.1) is 13.0 Å². The summed E-state index contributed by atoms with van der Waals surface area (Å²) in [6.07, 6.45) is 3.06. The zero-order valence-corrected chi connectivity index (χ0v) is 8.63. The molecular formula is C10H18O3. The fraction of sp³-hybridized carbons (Fsp3) is 0.800. The highest BCUT2D eigenvalue weighted by Gasteiger charge is 2.19. The first kappa shape index (κ1) is 12.1. The van der Waals surface area contributed by atoms with Crippen LogP contribution in [-0.2, 0) is 14.3 Å². The van der Waals surface area contributed by atoms with Crippen LogP contribution in [0.2, 0.25) is 0 Å². The lowest BCUT2D eigenvalue weighted by atomic mass is 9.97. The second kappa shape index (κ2) is 6.63. The van der Waals surface area contributed by atoms with E-state index in [0.29, 0.717) is 6.42 Å². The van der Waals surface area contributed by atoms with Gasteiger partial charge < -0.3 is 9.53 Å². The molecule has 0 aromatic carbocycles. The summed E-state index contributed by atoms with van der Waals surface area (Å²) in [7, 11) is 1.36. The molecule has 13 heavy (non-hydrogen) atoms. The standard InChI is InChI=1S/C10H18O3/c1-4-5-6-9(7-8(2)11)10(12)13-3/h9H,4-7H2,1-3H3. The normalized spacial score (nSPS) is 12.2. The third-order valence-electron chi connectivity index (χ3n) is 1.97. The summed E-state index contributed by atoms with van der Waals surface area (Å²) in [5, 5.41) is 0. The SMILES string of the molecule is CCCCC(CC(C)=O)C(=O)OC. The number of Topliss-reactive ketones (excluding diaryl/α,β-unsaturated/α-hetero) is 1. The molecule has 3 nitrogen and oxygen atoms in total. The molecule has 1 atom stereocenters. The fourth-order valence-corrected chi connectivity index (χ4v) is 1.27. The molecule has 0 radical (unpaired) electrons. The van der Waals surface area contributed by atoms with Gasteiger partial charge in [0.25, 0.3) is 0 Å². The molecule has 0 aliphatic heterocycles. The molecule has 0 saturated heterocycles. The van der Waals surface area contributed by atoms with Crippen LogP contribution >= 0.6 is 0 Å². The first-order valence-electron chi connectivity index (χ1n) is 4.69. The van der Waals surface area contributed by atoms with E-state index in [2.05, 4.69) is 11.7 Å². The molecule has 0 N–H and O–H groups in total. The first-order chi connectivity index (χ1) is 6.11. The lowest BCUT2D eigenvalue weighted by Crippen LogP contribution is -2.18. The van der Waals surface area contributed by atoms with Gasteiger partial charge in [-0.3, -0.25) is 4.79 Å². The number of methoxy groups -OCH3 is 1. The molecule has 0 bridgehead atoms. The van der Waals surface area contributed by atoms with Crippen molar-refractivity contribution < 1.29 is 14.3 Å². The Balaban J connectivity index is 4.02. The molecule has 0 fully saturated rings. The Labute approximate surface area is 79.5 Å². The van der Waals surface area contributed by atoms with Crippen molar-refractivity contribution in [1.29, 1.82) is 0 Å². The van der Waals surface area contributed by atoms with Crippen LogP contribution in [0.5, 0.6) is 0 Å². The summed E-state index contributed by atoms with van der Waals surface area (Å²) in [6.45, 7) is 3.56. The first-order valence-corrected chi connectivity index (χ1v) is 4.69. The van der Waals surface area contributed by atoms with Crippen LogP contribution < -0.4 is 0 Å². The van der Waals surface area contributed by atoms with E-state index in [9.17, 15) is 9.59 Å². The molecule has 0 amide bonds. The van der Waals surface area contributed by atoms with Gasteiger partial charge in [0.15, 0.2) is 0 Å². The van der Waals surface area contributed by atoms with Gasteiger partial charge in [0.1, 0.15) is 5.78 Å². The Kier molecular flexibility index (Phi) is 6.20. The number of ketones is 1. The Bertz CT molecular complexity index is 175. The Morgan fingerprint density at radius 3 is 2.38 bits per heavy atom. The molecule has 0 saturated carbocycles. The van der Waals surface area contributed by atoms with Crippen molar-refractivity contribution in [3.05, 3.63) is 0 Å². The van der Waals surface area contributed by atoms with Crippen molar-refractivity contribution in [3.63, 3.8) is 0 Å². The number of hydrogen-bond acceptors (Lipinski definition) is 3. The Morgan fingerprint density at radius 2 is 2.00 bits per heavy atom. The van der Waals surface area contributed by atoms with Crippen LogP contribution in [0.15, 0.2) is 0 Å². The van der Waals surface area contributed by atoms with Crippen molar-refractivity contribution in [2.45, 2.75) is 39.5 Å². The molecule has 3 heteroatoms. The number of esters is 1. The van der Waals surface area contributed by atoms with E-state index >= 15 is 0 Å². The molecule has 0 aromatic rings. The predicted octanol–water partition coefficient (Wildman–Crippen LogP) is 1.94. The lowest BCUT2D eigenvalue weighted by Gasteiger charge is -2.11. The van der Waals surface area contributed by atoms with Gasteiger partial charge in [0.2, 0.25) is 0 Å². The summed E-state index contributed by atoms with van der Waals surface area (Å²) < 4.78 is 4.62. The minimum Gasteiger partial charge on any atom is -0.469 e. The van der Waals surface area contributed by atoms with Crippen molar-refractivity contribution in [3.8, 4) is 0 Å². The maximum Gasteiger partial charge on any atom is 0.309 e. The Morgan fingerprint density at radius 1 is 1.38 bits per heavy atom. The Hall–Kier alpha value is -0.860. The molecule has 1 unspecified atom stereocenters. The highest BCUT2D eigenvalue weighted by molar-refractivity contribution is 5.82. The monoisotopic (exact) mass is 186 g/mol. The van der Waals surface area contributed by atoms with Crippen molar-refractivity contribution in [1.82, 2.24) is 0 Å². The fourth-order valence-electron chi connectivity index (χ4n) is 1.27. The van der Waals surface area contributed by atoms with Gasteiger partial charge >= 0.3 is 5.97 Å². The summed E-state index contributed by atoms with van der Waals surface area (Å²) >= 11 is 0. The minimum absolute atomic E-state index is 0.0477. The zero-order valence-electron chi connectivity index (χ0n) is 8.63. The zero-order chi connectivity index (χ0) is 10.3. The molecule has 76 valence electrons. The summed E-state index contributed by atoms with van der Waals surface area (Å²) in [4.78, 5) is 22.0. The maximum atomic E-state index is 11.2. The third kappa shape index (κ3) is 5.39. The maximum absolute atomic E-state index is 11.2. The van der Waals surface area contributed by atoms with Crippen LogP contribution in [0.3, 0.4) is 0 Å². The van der Waals surface area contributed by atoms with Crippen molar-refractivity contribution >= 4 is 11.8 Å². The largest absolute Gasteiger partial charge is 0.469 e. The predicted molar refractivity (Wildman–Crippen MR) is 50.3 cm³/mol. The molecule has 0 rings (SSSR count). The van der Waals surface area contributed by atoms with Gasteiger partial charge in [-0.1, -0.05) is 19.8 Å². The van der Waals surface area contributed by atoms with E-state index in [0.717, 1.165) is 19.3 Å².